The molecule has 2 atom stereocenters. The average Bonchev–Trinajstić information content (AvgIpc) is 2.70. The minimum Gasteiger partial charge on any atom is -0.468 e. The Kier molecular flexibility index (Phi) is 4.11. The number of ketones is 1. The van der Waals surface area contributed by atoms with Crippen LogP contribution in [0.2, 0.25) is 0 Å². The summed E-state index contributed by atoms with van der Waals surface area (Å²) >= 11 is 0. The summed E-state index contributed by atoms with van der Waals surface area (Å²) < 4.78 is 15.0. The van der Waals surface area contributed by atoms with Gasteiger partial charge in [0.05, 0.1) is 13.7 Å². The van der Waals surface area contributed by atoms with Crippen LogP contribution in [0, 0.1) is 10.8 Å². The molecule has 0 amide bonds. The highest BCUT2D eigenvalue weighted by Gasteiger charge is 2.60. The first-order valence-electron chi connectivity index (χ1n) is 6.58. The average molecular weight is 280 g/mol. The lowest BCUT2D eigenvalue weighted by Crippen LogP contribution is -2.41. The third kappa shape index (κ3) is 2.21. The van der Waals surface area contributed by atoms with Gasteiger partial charge in [-0.1, -0.05) is 18.2 Å². The van der Waals surface area contributed by atoms with E-state index < -0.39 is 11.4 Å². The quantitative estimate of drug-likeness (QED) is 0.243. The molecule has 5 nitrogen and oxygen atoms in total. The molecule has 0 radical (unpaired) electrons. The molecule has 0 heterocycles. The molecule has 2 rings (SSSR count). The second-order valence-electron chi connectivity index (χ2n) is 5.48. The number of hydrogen-bond acceptors (Lipinski definition) is 5. The molecule has 0 aromatic heterocycles. The minimum absolute atomic E-state index is 0.222. The molecule has 110 valence electrons. The van der Waals surface area contributed by atoms with Gasteiger partial charge in [0.25, 0.3) is 0 Å². The number of methoxy groups -OCH3 is 2. The van der Waals surface area contributed by atoms with Crippen molar-refractivity contribution in [1.82, 2.24) is 0 Å². The monoisotopic (exact) mass is 280 g/mol. The lowest BCUT2D eigenvalue weighted by Gasteiger charge is -2.32. The van der Waals surface area contributed by atoms with Gasteiger partial charge in [0.1, 0.15) is 6.79 Å². The van der Waals surface area contributed by atoms with Crippen LogP contribution in [-0.2, 0) is 23.8 Å². The minimum atomic E-state index is -1.19. The standard InChI is InChI=1S/C15H20O5/c1-11-8-14(6-7-20-10-18-2)5-4-12(16)15(11,9-14)13(17)19-3/h4-5H,1,6-10H2,2-3H3/t14-,15-/m1/s1. The summed E-state index contributed by atoms with van der Waals surface area (Å²) in [6.07, 6.45) is 5.15. The van der Waals surface area contributed by atoms with Gasteiger partial charge in [-0.05, 0) is 30.8 Å². The van der Waals surface area contributed by atoms with Gasteiger partial charge in [-0.15, -0.1) is 0 Å². The van der Waals surface area contributed by atoms with E-state index in [9.17, 15) is 9.59 Å². The van der Waals surface area contributed by atoms with Crippen LogP contribution in [0.5, 0.6) is 0 Å². The number of carbonyl (C=O) groups excluding carboxylic acids is 2. The molecule has 0 unspecified atom stereocenters. The van der Waals surface area contributed by atoms with E-state index in [0.29, 0.717) is 25.0 Å². The van der Waals surface area contributed by atoms with E-state index in [2.05, 4.69) is 6.58 Å². The van der Waals surface area contributed by atoms with Crippen molar-refractivity contribution in [3.05, 3.63) is 24.3 Å². The Bertz CT molecular complexity index is 467. The molecular weight excluding hydrogens is 260 g/mol. The predicted octanol–water partition coefficient (Wildman–Crippen LogP) is 1.63. The lowest BCUT2D eigenvalue weighted by atomic mass is 9.70. The zero-order chi connectivity index (χ0) is 14.8. The number of ether oxygens (including phenoxy) is 3. The van der Waals surface area contributed by atoms with Crippen LogP contribution in [0.15, 0.2) is 24.3 Å². The molecule has 5 heteroatoms. The molecule has 1 saturated carbocycles. The summed E-state index contributed by atoms with van der Waals surface area (Å²) in [6, 6.07) is 0. The molecule has 2 bridgehead atoms. The van der Waals surface area contributed by atoms with Gasteiger partial charge in [0.2, 0.25) is 0 Å². The van der Waals surface area contributed by atoms with E-state index in [-0.39, 0.29) is 18.0 Å². The molecule has 20 heavy (non-hydrogen) atoms. The summed E-state index contributed by atoms with van der Waals surface area (Å²) in [6.45, 7) is 4.70. The summed E-state index contributed by atoms with van der Waals surface area (Å²) in [5, 5.41) is 0. The van der Waals surface area contributed by atoms with Crippen molar-refractivity contribution < 1.29 is 23.8 Å². The van der Waals surface area contributed by atoms with Gasteiger partial charge in [0.15, 0.2) is 11.2 Å². The Morgan fingerprint density at radius 2 is 2.20 bits per heavy atom. The number of hydrogen-bond donors (Lipinski definition) is 0. The summed E-state index contributed by atoms with van der Waals surface area (Å²) in [4.78, 5) is 24.3. The highest BCUT2D eigenvalue weighted by molar-refractivity contribution is 6.13. The summed E-state index contributed by atoms with van der Waals surface area (Å²) in [5.74, 6) is -0.725. The Hall–Kier alpha value is -1.46. The van der Waals surface area contributed by atoms with Crippen molar-refractivity contribution in [2.45, 2.75) is 19.3 Å². The van der Waals surface area contributed by atoms with E-state index in [0.717, 1.165) is 6.42 Å². The van der Waals surface area contributed by atoms with Gasteiger partial charge in [0, 0.05) is 7.11 Å². The Labute approximate surface area is 118 Å². The van der Waals surface area contributed by atoms with E-state index >= 15 is 0 Å². The highest BCUT2D eigenvalue weighted by atomic mass is 16.7. The highest BCUT2D eigenvalue weighted by Crippen LogP contribution is 2.58. The van der Waals surface area contributed by atoms with Gasteiger partial charge in [-0.3, -0.25) is 9.59 Å². The van der Waals surface area contributed by atoms with Crippen LogP contribution in [0.25, 0.3) is 0 Å². The fourth-order valence-electron chi connectivity index (χ4n) is 3.23. The van der Waals surface area contributed by atoms with Gasteiger partial charge >= 0.3 is 5.97 Å². The van der Waals surface area contributed by atoms with E-state index in [4.69, 9.17) is 14.2 Å². The molecule has 0 saturated heterocycles. The fraction of sp³-hybridized carbons (Fsp3) is 0.600. The number of carbonyl (C=O) groups is 2. The molecule has 1 fully saturated rings. The summed E-state index contributed by atoms with van der Waals surface area (Å²) in [5.41, 5.74) is -0.788. The first-order chi connectivity index (χ1) is 9.50. The second kappa shape index (κ2) is 5.50. The fourth-order valence-corrected chi connectivity index (χ4v) is 3.23. The smallest absolute Gasteiger partial charge is 0.323 e. The molecule has 0 aliphatic heterocycles. The van der Waals surface area contributed by atoms with Crippen molar-refractivity contribution in [3.63, 3.8) is 0 Å². The molecule has 2 aliphatic rings. The van der Waals surface area contributed by atoms with Gasteiger partial charge in [-0.2, -0.15) is 0 Å². The van der Waals surface area contributed by atoms with Crippen LogP contribution in [0.1, 0.15) is 19.3 Å². The van der Waals surface area contributed by atoms with Crippen LogP contribution in [-0.4, -0.2) is 39.4 Å². The molecule has 0 N–H and O–H groups in total. The molecule has 0 aromatic rings. The zero-order valence-electron chi connectivity index (χ0n) is 11.9. The first-order valence-corrected chi connectivity index (χ1v) is 6.58. The first kappa shape index (κ1) is 14.9. The van der Waals surface area contributed by atoms with Crippen LogP contribution < -0.4 is 0 Å². The maximum absolute atomic E-state index is 12.2. The van der Waals surface area contributed by atoms with Crippen LogP contribution in [0.3, 0.4) is 0 Å². The van der Waals surface area contributed by atoms with Gasteiger partial charge < -0.3 is 14.2 Å². The number of rotatable bonds is 6. The van der Waals surface area contributed by atoms with E-state index in [1.165, 1.54) is 13.2 Å². The zero-order valence-corrected chi connectivity index (χ0v) is 11.9. The maximum Gasteiger partial charge on any atom is 0.323 e. The largest absolute Gasteiger partial charge is 0.468 e. The Balaban J connectivity index is 2.19. The molecular formula is C15H20O5. The van der Waals surface area contributed by atoms with Crippen molar-refractivity contribution >= 4 is 11.8 Å². The Morgan fingerprint density at radius 3 is 2.85 bits per heavy atom. The maximum atomic E-state index is 12.2. The van der Waals surface area contributed by atoms with Crippen LogP contribution >= 0.6 is 0 Å². The topological polar surface area (TPSA) is 61.8 Å². The number of fused-ring (bicyclic) bond motifs is 2. The van der Waals surface area contributed by atoms with Gasteiger partial charge in [-0.25, -0.2) is 0 Å². The van der Waals surface area contributed by atoms with Crippen LogP contribution in [0.4, 0.5) is 0 Å². The summed E-state index contributed by atoms with van der Waals surface area (Å²) in [7, 11) is 2.87. The third-order valence-corrected chi connectivity index (χ3v) is 4.27. The van der Waals surface area contributed by atoms with Crippen molar-refractivity contribution in [1.29, 1.82) is 0 Å². The lowest BCUT2D eigenvalue weighted by molar-refractivity contribution is -0.154. The molecule has 0 spiro atoms. The van der Waals surface area contributed by atoms with E-state index in [1.54, 1.807) is 7.11 Å². The van der Waals surface area contributed by atoms with Crippen molar-refractivity contribution in [2.24, 2.45) is 10.8 Å². The third-order valence-electron chi connectivity index (χ3n) is 4.27. The molecule has 2 aliphatic carbocycles. The van der Waals surface area contributed by atoms with E-state index in [1.807, 2.05) is 6.08 Å². The van der Waals surface area contributed by atoms with Crippen molar-refractivity contribution in [3.8, 4) is 0 Å². The van der Waals surface area contributed by atoms with Crippen molar-refractivity contribution in [2.75, 3.05) is 27.6 Å². The number of esters is 1. The number of allylic oxidation sites excluding steroid dienone is 2. The Morgan fingerprint density at radius 1 is 1.45 bits per heavy atom. The normalized spacial score (nSPS) is 31.7. The predicted molar refractivity (Wildman–Crippen MR) is 71.8 cm³/mol. The SMILES string of the molecule is C=C1C[C@]2(CCOCOC)C=CC(=O)[C@@]1(C(=O)OC)C2. The second-order valence-corrected chi connectivity index (χ2v) is 5.48. The molecule has 0 aromatic carbocycles.